The fourth-order valence-corrected chi connectivity index (χ4v) is 2.40. The van der Waals surface area contributed by atoms with E-state index in [0.29, 0.717) is 0 Å². The molecule has 1 aromatic carbocycles. The molecule has 0 fully saturated rings. The molecular weight excluding hydrogens is 339 g/mol. The topological polar surface area (TPSA) is 65.5 Å². The minimum absolute atomic E-state index is 0.0624. The van der Waals surface area contributed by atoms with Crippen LogP contribution < -0.4 is 4.74 Å². The molecule has 5 nitrogen and oxygen atoms in total. The minimum Gasteiger partial charge on any atom is -0.494 e. The fraction of sp³-hybridized carbons (Fsp3) is 0.353. The number of rotatable bonds is 4. The zero-order chi connectivity index (χ0) is 19.0. The van der Waals surface area contributed by atoms with Gasteiger partial charge < -0.3 is 9.47 Å². The van der Waals surface area contributed by atoms with Gasteiger partial charge in [-0.2, -0.15) is 13.2 Å². The second-order valence-corrected chi connectivity index (χ2v) is 5.85. The van der Waals surface area contributed by atoms with E-state index < -0.39 is 29.0 Å². The van der Waals surface area contributed by atoms with Gasteiger partial charge in [-0.05, 0) is 38.1 Å². The van der Waals surface area contributed by atoms with Crippen LogP contribution in [-0.2, 0) is 15.7 Å². The number of hydrogen-bond donors (Lipinski definition) is 0. The normalized spacial score (nSPS) is 12.1. The summed E-state index contributed by atoms with van der Waals surface area (Å²) in [5.74, 6) is -1.25. The Balaban J connectivity index is 2.71. The standard InChI is InChI=1S/C17H16F3NO4/c1-16(2,15(23)25-4)14(22)10-5-7-11(24-3)13-9(10)6-8-12(21-13)17(18,19)20/h5-8H,1-4H3. The Kier molecular flexibility index (Phi) is 4.74. The van der Waals surface area contributed by atoms with Crippen molar-refractivity contribution in [3.05, 3.63) is 35.5 Å². The SMILES string of the molecule is COC(=O)C(C)(C)C(=O)c1ccc(OC)c2nc(C(F)(F)F)ccc12. The largest absolute Gasteiger partial charge is 0.494 e. The third-order valence-corrected chi connectivity index (χ3v) is 3.84. The second-order valence-electron chi connectivity index (χ2n) is 5.85. The van der Waals surface area contributed by atoms with Crippen molar-refractivity contribution in [1.82, 2.24) is 4.98 Å². The van der Waals surface area contributed by atoms with Crippen LogP contribution in [-0.4, -0.2) is 31.0 Å². The van der Waals surface area contributed by atoms with Crippen molar-refractivity contribution >= 4 is 22.7 Å². The third-order valence-electron chi connectivity index (χ3n) is 3.84. The Morgan fingerprint density at radius 3 is 2.20 bits per heavy atom. The summed E-state index contributed by atoms with van der Waals surface area (Å²) < 4.78 is 48.4. The number of nitrogens with zero attached hydrogens (tertiary/aromatic N) is 1. The summed E-state index contributed by atoms with van der Waals surface area (Å²) in [4.78, 5) is 28.2. The lowest BCUT2D eigenvalue weighted by Crippen LogP contribution is -2.34. The lowest BCUT2D eigenvalue weighted by Gasteiger charge is -2.21. The number of carbonyl (C=O) groups is 2. The first-order chi connectivity index (χ1) is 11.5. The van der Waals surface area contributed by atoms with Crippen LogP contribution in [0.15, 0.2) is 24.3 Å². The molecule has 0 saturated carbocycles. The second kappa shape index (κ2) is 6.34. The summed E-state index contributed by atoms with van der Waals surface area (Å²) in [5.41, 5.74) is -2.65. The van der Waals surface area contributed by atoms with Gasteiger partial charge in [0.1, 0.15) is 22.4 Å². The molecule has 0 aliphatic rings. The number of benzene rings is 1. The molecule has 2 aromatic rings. The van der Waals surface area contributed by atoms with Gasteiger partial charge in [0.2, 0.25) is 0 Å². The van der Waals surface area contributed by atoms with Crippen molar-refractivity contribution in [2.75, 3.05) is 14.2 Å². The first kappa shape index (κ1) is 18.7. The predicted octanol–water partition coefficient (Wildman–Crippen LogP) is 3.64. The number of ether oxygens (including phenoxy) is 2. The minimum atomic E-state index is -4.63. The Morgan fingerprint density at radius 1 is 1.04 bits per heavy atom. The molecule has 0 unspecified atom stereocenters. The van der Waals surface area contributed by atoms with Crippen molar-refractivity contribution in [2.24, 2.45) is 5.41 Å². The van der Waals surface area contributed by atoms with Gasteiger partial charge in [-0.15, -0.1) is 0 Å². The Morgan fingerprint density at radius 2 is 1.68 bits per heavy atom. The number of Topliss-reactive ketones (excluding diaryl/α,β-unsaturated/α-hetero) is 1. The van der Waals surface area contributed by atoms with E-state index in [1.807, 2.05) is 0 Å². The molecule has 0 atom stereocenters. The number of methoxy groups -OCH3 is 2. The number of alkyl halides is 3. The van der Waals surface area contributed by atoms with E-state index in [9.17, 15) is 22.8 Å². The van der Waals surface area contributed by atoms with Crippen molar-refractivity contribution in [3.8, 4) is 5.75 Å². The van der Waals surface area contributed by atoms with Crippen molar-refractivity contribution in [2.45, 2.75) is 20.0 Å². The zero-order valence-electron chi connectivity index (χ0n) is 14.0. The molecule has 8 heteroatoms. The fourth-order valence-electron chi connectivity index (χ4n) is 2.40. The maximum absolute atomic E-state index is 12.9. The lowest BCUT2D eigenvalue weighted by atomic mass is 9.83. The van der Waals surface area contributed by atoms with E-state index in [0.717, 1.165) is 19.2 Å². The molecule has 134 valence electrons. The maximum Gasteiger partial charge on any atom is 0.433 e. The zero-order valence-corrected chi connectivity index (χ0v) is 14.0. The van der Waals surface area contributed by atoms with E-state index >= 15 is 0 Å². The monoisotopic (exact) mass is 355 g/mol. The first-order valence-corrected chi connectivity index (χ1v) is 7.22. The number of esters is 1. The number of aromatic nitrogens is 1. The highest BCUT2D eigenvalue weighted by Gasteiger charge is 2.39. The number of halogens is 3. The van der Waals surface area contributed by atoms with Crippen LogP contribution >= 0.6 is 0 Å². The van der Waals surface area contributed by atoms with Gasteiger partial charge in [-0.1, -0.05) is 0 Å². The van der Waals surface area contributed by atoms with E-state index in [4.69, 9.17) is 4.74 Å². The summed E-state index contributed by atoms with van der Waals surface area (Å²) in [7, 11) is 2.44. The van der Waals surface area contributed by atoms with Crippen molar-refractivity contribution in [1.29, 1.82) is 0 Å². The summed E-state index contributed by atoms with van der Waals surface area (Å²) in [6, 6.07) is 4.66. The Hall–Kier alpha value is -2.64. The molecule has 0 spiro atoms. The molecule has 0 bridgehead atoms. The van der Waals surface area contributed by atoms with Gasteiger partial charge in [0.15, 0.2) is 5.78 Å². The van der Waals surface area contributed by atoms with Gasteiger partial charge in [-0.25, -0.2) is 4.98 Å². The molecule has 0 amide bonds. The molecule has 0 radical (unpaired) electrons. The summed E-state index contributed by atoms with van der Waals surface area (Å²) in [6.45, 7) is 2.77. The van der Waals surface area contributed by atoms with E-state index in [2.05, 4.69) is 9.72 Å². The molecule has 25 heavy (non-hydrogen) atoms. The molecule has 1 aromatic heterocycles. The Bertz CT molecular complexity index is 844. The summed E-state index contributed by atoms with van der Waals surface area (Å²) in [5, 5.41) is 0.161. The highest BCUT2D eigenvalue weighted by Crippen LogP contribution is 2.35. The number of ketones is 1. The average molecular weight is 355 g/mol. The van der Waals surface area contributed by atoms with E-state index in [-0.39, 0.29) is 22.2 Å². The van der Waals surface area contributed by atoms with Crippen LogP contribution in [0.2, 0.25) is 0 Å². The van der Waals surface area contributed by atoms with E-state index in [1.165, 1.54) is 33.1 Å². The molecule has 0 N–H and O–H groups in total. The van der Waals surface area contributed by atoms with Crippen LogP contribution in [0.5, 0.6) is 5.75 Å². The number of carbonyl (C=O) groups excluding carboxylic acids is 2. The van der Waals surface area contributed by atoms with Gasteiger partial charge in [-0.3, -0.25) is 9.59 Å². The average Bonchev–Trinajstić information content (AvgIpc) is 2.57. The van der Waals surface area contributed by atoms with Crippen LogP contribution in [0.25, 0.3) is 10.9 Å². The van der Waals surface area contributed by atoms with Gasteiger partial charge in [0, 0.05) is 10.9 Å². The quantitative estimate of drug-likeness (QED) is 0.476. The lowest BCUT2D eigenvalue weighted by molar-refractivity contribution is -0.148. The van der Waals surface area contributed by atoms with Crippen LogP contribution in [0.1, 0.15) is 29.9 Å². The Labute approximate surface area is 141 Å². The summed E-state index contributed by atoms with van der Waals surface area (Å²) >= 11 is 0. The number of pyridine rings is 1. The first-order valence-electron chi connectivity index (χ1n) is 7.22. The molecule has 1 heterocycles. The van der Waals surface area contributed by atoms with Gasteiger partial charge in [0.05, 0.1) is 14.2 Å². The summed E-state index contributed by atoms with van der Waals surface area (Å²) in [6.07, 6.45) is -4.63. The number of hydrogen-bond acceptors (Lipinski definition) is 5. The molecule has 0 aliphatic carbocycles. The molecule has 2 rings (SSSR count). The third kappa shape index (κ3) is 3.29. The molecule has 0 saturated heterocycles. The van der Waals surface area contributed by atoms with Crippen LogP contribution in [0.4, 0.5) is 13.2 Å². The highest BCUT2D eigenvalue weighted by atomic mass is 19.4. The van der Waals surface area contributed by atoms with E-state index in [1.54, 1.807) is 0 Å². The van der Waals surface area contributed by atoms with Gasteiger partial charge >= 0.3 is 12.1 Å². The highest BCUT2D eigenvalue weighted by molar-refractivity contribution is 6.17. The smallest absolute Gasteiger partial charge is 0.433 e. The van der Waals surface area contributed by atoms with Crippen molar-refractivity contribution < 1.29 is 32.2 Å². The van der Waals surface area contributed by atoms with Crippen LogP contribution in [0, 0.1) is 5.41 Å². The molecule has 0 aliphatic heterocycles. The number of fused-ring (bicyclic) bond motifs is 1. The predicted molar refractivity (Wildman–Crippen MR) is 83.4 cm³/mol. The van der Waals surface area contributed by atoms with Gasteiger partial charge in [0.25, 0.3) is 0 Å². The maximum atomic E-state index is 12.9. The van der Waals surface area contributed by atoms with Crippen molar-refractivity contribution in [3.63, 3.8) is 0 Å². The molecular formula is C17H16F3NO4. The van der Waals surface area contributed by atoms with Crippen LogP contribution in [0.3, 0.4) is 0 Å².